The zero-order valence-electron chi connectivity index (χ0n) is 18.1. The molecule has 0 saturated carbocycles. The van der Waals surface area contributed by atoms with E-state index in [2.05, 4.69) is 25.2 Å². The Morgan fingerprint density at radius 3 is 2.81 bits per heavy atom. The molecule has 1 N–H and O–H groups in total. The molecule has 2 amide bonds. The maximum absolute atomic E-state index is 13.2. The topological polar surface area (TPSA) is 80.9 Å². The first-order valence-corrected chi connectivity index (χ1v) is 11.4. The Hall–Kier alpha value is -3.23. The number of hydrogen-bond donors (Lipinski definition) is 1. The van der Waals surface area contributed by atoms with Gasteiger partial charge in [-0.25, -0.2) is 13.9 Å². The SMILES string of the molecule is O=C(Nc1ccnn1Cc1ccc(F)cc1)N1CCCC(c2nnc3n2CCCCC3)C1. The number of nitrogens with one attached hydrogen (secondary N) is 1. The molecule has 1 fully saturated rings. The standard InChI is InChI=1S/C23H28FN7O/c24-19-9-7-17(8-10-19)15-31-20(11-12-25-31)26-23(32)29-13-4-5-18(16-29)22-28-27-21-6-2-1-3-14-30(21)22/h7-12,18H,1-6,13-16H2,(H,26,32). The average molecular weight is 438 g/mol. The Kier molecular flexibility index (Phi) is 5.87. The number of carbonyl (C=O) groups is 1. The molecule has 9 heteroatoms. The molecule has 4 heterocycles. The van der Waals surface area contributed by atoms with Gasteiger partial charge in [0.1, 0.15) is 23.3 Å². The average Bonchev–Trinajstić information content (AvgIpc) is 3.35. The Bertz CT molecular complexity index is 1070. The van der Waals surface area contributed by atoms with Crippen molar-refractivity contribution in [3.8, 4) is 0 Å². The van der Waals surface area contributed by atoms with Crippen LogP contribution >= 0.6 is 0 Å². The van der Waals surface area contributed by atoms with Gasteiger partial charge < -0.3 is 9.47 Å². The van der Waals surface area contributed by atoms with Gasteiger partial charge in [0.05, 0.1) is 12.7 Å². The third-order valence-corrected chi connectivity index (χ3v) is 6.41. The van der Waals surface area contributed by atoms with Crippen LogP contribution in [0.1, 0.15) is 55.2 Å². The minimum atomic E-state index is -0.271. The molecule has 1 atom stereocenters. The molecule has 1 unspecified atom stereocenters. The van der Waals surface area contributed by atoms with Gasteiger partial charge in [0, 0.05) is 38.0 Å². The van der Waals surface area contributed by atoms with E-state index < -0.39 is 0 Å². The number of halogens is 1. The van der Waals surface area contributed by atoms with E-state index in [1.165, 1.54) is 25.0 Å². The van der Waals surface area contributed by atoms with Crippen molar-refractivity contribution in [3.05, 3.63) is 59.6 Å². The van der Waals surface area contributed by atoms with E-state index in [4.69, 9.17) is 0 Å². The van der Waals surface area contributed by atoms with Gasteiger partial charge in [-0.1, -0.05) is 18.6 Å². The molecule has 2 aliphatic rings. The van der Waals surface area contributed by atoms with E-state index in [1.54, 1.807) is 29.1 Å². The minimum Gasteiger partial charge on any atom is -0.324 e. The largest absolute Gasteiger partial charge is 0.324 e. The molecule has 2 aromatic heterocycles. The smallest absolute Gasteiger partial charge is 0.323 e. The van der Waals surface area contributed by atoms with E-state index in [0.29, 0.717) is 18.9 Å². The highest BCUT2D eigenvalue weighted by atomic mass is 19.1. The number of anilines is 1. The van der Waals surface area contributed by atoms with Gasteiger partial charge in [-0.3, -0.25) is 5.32 Å². The second kappa shape index (κ2) is 9.10. The molecule has 3 aromatic rings. The molecule has 168 valence electrons. The zero-order valence-corrected chi connectivity index (χ0v) is 18.1. The lowest BCUT2D eigenvalue weighted by Gasteiger charge is -2.32. The summed E-state index contributed by atoms with van der Waals surface area (Å²) in [4.78, 5) is 14.9. The van der Waals surface area contributed by atoms with Crippen LogP contribution in [0, 0.1) is 5.82 Å². The zero-order chi connectivity index (χ0) is 21.9. The fraction of sp³-hybridized carbons (Fsp3) is 0.478. The lowest BCUT2D eigenvalue weighted by molar-refractivity contribution is 0.190. The van der Waals surface area contributed by atoms with Crippen LogP contribution < -0.4 is 5.32 Å². The number of piperidine rings is 1. The quantitative estimate of drug-likeness (QED) is 0.673. The van der Waals surface area contributed by atoms with Crippen molar-refractivity contribution in [1.29, 1.82) is 0 Å². The summed E-state index contributed by atoms with van der Waals surface area (Å²) in [6, 6.07) is 7.94. The molecular formula is C23H28FN7O. The number of aromatic nitrogens is 5. The van der Waals surface area contributed by atoms with Gasteiger partial charge in [0.15, 0.2) is 0 Å². The number of carbonyl (C=O) groups excluding carboxylic acids is 1. The monoisotopic (exact) mass is 437 g/mol. The van der Waals surface area contributed by atoms with Crippen LogP contribution in [0.15, 0.2) is 36.5 Å². The molecule has 8 nitrogen and oxygen atoms in total. The van der Waals surface area contributed by atoms with Crippen molar-refractivity contribution in [2.75, 3.05) is 18.4 Å². The lowest BCUT2D eigenvalue weighted by atomic mass is 9.97. The summed E-state index contributed by atoms with van der Waals surface area (Å²) in [5, 5.41) is 16.3. The Balaban J connectivity index is 1.25. The van der Waals surface area contributed by atoms with Gasteiger partial charge in [-0.05, 0) is 43.4 Å². The molecule has 1 aromatic carbocycles. The Labute approximate surface area is 186 Å². The van der Waals surface area contributed by atoms with Gasteiger partial charge in [0.2, 0.25) is 0 Å². The van der Waals surface area contributed by atoms with Crippen LogP contribution in [0.2, 0.25) is 0 Å². The summed E-state index contributed by atoms with van der Waals surface area (Å²) < 4.78 is 17.2. The van der Waals surface area contributed by atoms with Crippen molar-refractivity contribution < 1.29 is 9.18 Å². The summed E-state index contributed by atoms with van der Waals surface area (Å²) >= 11 is 0. The van der Waals surface area contributed by atoms with Gasteiger partial charge in [-0.15, -0.1) is 10.2 Å². The van der Waals surface area contributed by atoms with E-state index in [1.807, 2.05) is 4.90 Å². The first kappa shape index (κ1) is 20.7. The molecule has 2 aliphatic heterocycles. The Morgan fingerprint density at radius 1 is 1.06 bits per heavy atom. The second-order valence-corrected chi connectivity index (χ2v) is 8.65. The number of benzene rings is 1. The third kappa shape index (κ3) is 4.37. The minimum absolute atomic E-state index is 0.133. The van der Waals surface area contributed by atoms with Crippen LogP contribution in [0.4, 0.5) is 15.0 Å². The summed E-state index contributed by atoms with van der Waals surface area (Å²) in [5.41, 5.74) is 0.913. The summed E-state index contributed by atoms with van der Waals surface area (Å²) in [5.74, 6) is 2.67. The molecule has 0 radical (unpaired) electrons. The predicted molar refractivity (Wildman–Crippen MR) is 118 cm³/mol. The van der Waals surface area contributed by atoms with Crippen molar-refractivity contribution in [2.24, 2.45) is 0 Å². The molecule has 0 spiro atoms. The number of fused-ring (bicyclic) bond motifs is 1. The van der Waals surface area contributed by atoms with Crippen LogP contribution in [0.25, 0.3) is 0 Å². The summed E-state index contributed by atoms with van der Waals surface area (Å²) in [6.07, 6.45) is 8.16. The van der Waals surface area contributed by atoms with Crippen molar-refractivity contribution in [3.63, 3.8) is 0 Å². The number of likely N-dealkylation sites (tertiary alicyclic amines) is 1. The molecule has 1 saturated heterocycles. The Morgan fingerprint density at radius 2 is 1.94 bits per heavy atom. The van der Waals surface area contributed by atoms with Crippen molar-refractivity contribution >= 4 is 11.8 Å². The first-order valence-electron chi connectivity index (χ1n) is 11.4. The number of rotatable bonds is 4. The van der Waals surface area contributed by atoms with Gasteiger partial charge in [-0.2, -0.15) is 5.10 Å². The summed E-state index contributed by atoms with van der Waals surface area (Å²) in [7, 11) is 0. The highest BCUT2D eigenvalue weighted by Crippen LogP contribution is 2.28. The van der Waals surface area contributed by atoms with Gasteiger partial charge >= 0.3 is 6.03 Å². The first-order chi connectivity index (χ1) is 15.7. The van der Waals surface area contributed by atoms with Crippen molar-refractivity contribution in [1.82, 2.24) is 29.4 Å². The molecule has 32 heavy (non-hydrogen) atoms. The fourth-order valence-electron chi connectivity index (χ4n) is 4.70. The van der Waals surface area contributed by atoms with E-state index in [0.717, 1.165) is 56.0 Å². The second-order valence-electron chi connectivity index (χ2n) is 8.65. The third-order valence-electron chi connectivity index (χ3n) is 6.41. The number of nitrogens with zero attached hydrogens (tertiary/aromatic N) is 6. The maximum Gasteiger partial charge on any atom is 0.323 e. The highest BCUT2D eigenvalue weighted by molar-refractivity contribution is 5.88. The molecule has 5 rings (SSSR count). The number of amides is 2. The van der Waals surface area contributed by atoms with Crippen LogP contribution in [0.3, 0.4) is 0 Å². The van der Waals surface area contributed by atoms with Crippen LogP contribution in [-0.4, -0.2) is 48.6 Å². The van der Waals surface area contributed by atoms with E-state index >= 15 is 0 Å². The van der Waals surface area contributed by atoms with Crippen molar-refractivity contribution in [2.45, 2.75) is 57.5 Å². The number of aryl methyl sites for hydroxylation is 1. The maximum atomic E-state index is 13.2. The van der Waals surface area contributed by atoms with E-state index in [-0.39, 0.29) is 17.8 Å². The highest BCUT2D eigenvalue weighted by Gasteiger charge is 2.29. The van der Waals surface area contributed by atoms with Crippen LogP contribution in [-0.2, 0) is 19.5 Å². The normalized spacial score (nSPS) is 18.8. The number of hydrogen-bond acceptors (Lipinski definition) is 4. The van der Waals surface area contributed by atoms with Gasteiger partial charge in [0.25, 0.3) is 0 Å². The van der Waals surface area contributed by atoms with E-state index in [9.17, 15) is 9.18 Å². The molecular weight excluding hydrogens is 409 g/mol. The fourth-order valence-corrected chi connectivity index (χ4v) is 4.70. The summed E-state index contributed by atoms with van der Waals surface area (Å²) in [6.45, 7) is 2.78. The molecule has 0 bridgehead atoms. The predicted octanol–water partition coefficient (Wildman–Crippen LogP) is 3.80. The number of urea groups is 1. The lowest BCUT2D eigenvalue weighted by Crippen LogP contribution is -2.42. The van der Waals surface area contributed by atoms with Crippen LogP contribution in [0.5, 0.6) is 0 Å². The molecule has 0 aliphatic carbocycles.